The summed E-state index contributed by atoms with van der Waals surface area (Å²) >= 11 is 0. The molecule has 0 spiro atoms. The average molecular weight is 339 g/mol. The van der Waals surface area contributed by atoms with Crippen molar-refractivity contribution >= 4 is 21.6 Å². The SMILES string of the molecule is CCS(=O)(=O)N1CCC(NCc2ccc(NC(C)=O)cc2)CC1. The molecular weight excluding hydrogens is 314 g/mol. The molecule has 1 aliphatic heterocycles. The molecule has 1 amide bonds. The van der Waals surface area contributed by atoms with Gasteiger partial charge in [-0.1, -0.05) is 12.1 Å². The maximum Gasteiger partial charge on any atom is 0.221 e. The van der Waals surface area contributed by atoms with Gasteiger partial charge in [0.25, 0.3) is 0 Å². The largest absolute Gasteiger partial charge is 0.326 e. The number of amides is 1. The van der Waals surface area contributed by atoms with Crippen LogP contribution >= 0.6 is 0 Å². The van der Waals surface area contributed by atoms with Crippen LogP contribution in [0.15, 0.2) is 24.3 Å². The summed E-state index contributed by atoms with van der Waals surface area (Å²) in [5.41, 5.74) is 1.93. The fraction of sp³-hybridized carbons (Fsp3) is 0.562. The lowest BCUT2D eigenvalue weighted by Crippen LogP contribution is -2.45. The third-order valence-corrected chi connectivity index (χ3v) is 5.96. The van der Waals surface area contributed by atoms with Gasteiger partial charge in [-0.15, -0.1) is 0 Å². The number of piperidine rings is 1. The Hall–Kier alpha value is -1.44. The third kappa shape index (κ3) is 5.30. The van der Waals surface area contributed by atoms with E-state index in [0.717, 1.165) is 30.6 Å². The van der Waals surface area contributed by atoms with Crippen LogP contribution < -0.4 is 10.6 Å². The van der Waals surface area contributed by atoms with Crippen LogP contribution in [-0.4, -0.2) is 43.5 Å². The quantitative estimate of drug-likeness (QED) is 0.824. The lowest BCUT2D eigenvalue weighted by molar-refractivity contribution is -0.114. The van der Waals surface area contributed by atoms with Crippen molar-refractivity contribution in [3.8, 4) is 0 Å². The van der Waals surface area contributed by atoms with E-state index in [1.807, 2.05) is 24.3 Å². The van der Waals surface area contributed by atoms with Gasteiger partial charge in [-0.05, 0) is 37.5 Å². The Bertz CT molecular complexity index is 620. The van der Waals surface area contributed by atoms with Crippen molar-refractivity contribution in [1.82, 2.24) is 9.62 Å². The molecule has 6 nitrogen and oxygen atoms in total. The molecule has 1 heterocycles. The van der Waals surface area contributed by atoms with Crippen molar-refractivity contribution in [2.24, 2.45) is 0 Å². The minimum absolute atomic E-state index is 0.0790. The molecule has 0 radical (unpaired) electrons. The van der Waals surface area contributed by atoms with Crippen molar-refractivity contribution < 1.29 is 13.2 Å². The van der Waals surface area contributed by atoms with E-state index < -0.39 is 10.0 Å². The summed E-state index contributed by atoms with van der Waals surface area (Å²) in [6.07, 6.45) is 1.67. The highest BCUT2D eigenvalue weighted by atomic mass is 32.2. The van der Waals surface area contributed by atoms with Gasteiger partial charge < -0.3 is 10.6 Å². The van der Waals surface area contributed by atoms with E-state index in [1.165, 1.54) is 6.92 Å². The molecule has 0 bridgehead atoms. The summed E-state index contributed by atoms with van der Waals surface area (Å²) in [6, 6.07) is 8.07. The Labute approximate surface area is 138 Å². The Morgan fingerprint density at radius 2 is 1.83 bits per heavy atom. The van der Waals surface area contributed by atoms with E-state index in [4.69, 9.17) is 0 Å². The number of hydrogen-bond donors (Lipinski definition) is 2. The molecule has 7 heteroatoms. The second-order valence-corrected chi connectivity index (χ2v) is 8.09. The fourth-order valence-electron chi connectivity index (χ4n) is 2.69. The first kappa shape index (κ1) is 17.9. The van der Waals surface area contributed by atoms with Crippen LogP contribution in [-0.2, 0) is 21.4 Å². The van der Waals surface area contributed by atoms with Crippen LogP contribution in [0.3, 0.4) is 0 Å². The van der Waals surface area contributed by atoms with E-state index in [-0.39, 0.29) is 11.7 Å². The molecule has 1 aromatic carbocycles. The number of rotatable bonds is 6. The summed E-state index contributed by atoms with van der Waals surface area (Å²) in [7, 11) is -3.06. The molecule has 0 unspecified atom stereocenters. The summed E-state index contributed by atoms with van der Waals surface area (Å²) in [6.45, 7) is 5.10. The first-order valence-electron chi connectivity index (χ1n) is 7.98. The maximum atomic E-state index is 11.8. The number of carbonyl (C=O) groups is 1. The van der Waals surface area contributed by atoms with Crippen molar-refractivity contribution in [1.29, 1.82) is 0 Å². The Kier molecular flexibility index (Phi) is 6.15. The van der Waals surface area contributed by atoms with Gasteiger partial charge in [0, 0.05) is 38.3 Å². The number of benzene rings is 1. The predicted octanol–water partition coefficient (Wildman–Crippen LogP) is 1.55. The smallest absolute Gasteiger partial charge is 0.221 e. The van der Waals surface area contributed by atoms with Crippen molar-refractivity contribution in [3.63, 3.8) is 0 Å². The zero-order valence-electron chi connectivity index (χ0n) is 13.7. The predicted molar refractivity (Wildman–Crippen MR) is 91.6 cm³/mol. The molecule has 1 aromatic rings. The second kappa shape index (κ2) is 7.90. The van der Waals surface area contributed by atoms with Crippen molar-refractivity contribution in [2.45, 2.75) is 39.3 Å². The molecule has 0 aliphatic carbocycles. The Morgan fingerprint density at radius 3 is 2.35 bits per heavy atom. The summed E-state index contributed by atoms with van der Waals surface area (Å²) in [5, 5.41) is 6.22. The minimum Gasteiger partial charge on any atom is -0.326 e. The van der Waals surface area contributed by atoms with Crippen molar-refractivity contribution in [2.75, 3.05) is 24.2 Å². The molecule has 1 saturated heterocycles. The summed E-state index contributed by atoms with van der Waals surface area (Å²) in [4.78, 5) is 11.0. The summed E-state index contributed by atoms with van der Waals surface area (Å²) in [5.74, 6) is 0.0934. The first-order chi connectivity index (χ1) is 10.9. The molecule has 1 fully saturated rings. The van der Waals surface area contributed by atoms with E-state index in [0.29, 0.717) is 19.1 Å². The molecule has 2 N–H and O–H groups in total. The number of nitrogens with one attached hydrogen (secondary N) is 2. The highest BCUT2D eigenvalue weighted by Crippen LogP contribution is 2.15. The molecule has 128 valence electrons. The van der Waals surface area contributed by atoms with Gasteiger partial charge >= 0.3 is 0 Å². The van der Waals surface area contributed by atoms with E-state index >= 15 is 0 Å². The van der Waals surface area contributed by atoms with Gasteiger partial charge in [0.2, 0.25) is 15.9 Å². The standard InChI is InChI=1S/C16H25N3O3S/c1-3-23(21,22)19-10-8-15(9-11-19)17-12-14-4-6-16(7-5-14)18-13(2)20/h4-7,15,17H,3,8-12H2,1-2H3,(H,18,20). The van der Waals surface area contributed by atoms with Crippen LogP contribution in [0, 0.1) is 0 Å². The minimum atomic E-state index is -3.06. The first-order valence-corrected chi connectivity index (χ1v) is 9.59. The molecule has 1 aliphatic rings. The Morgan fingerprint density at radius 1 is 1.22 bits per heavy atom. The zero-order chi connectivity index (χ0) is 16.9. The van der Waals surface area contributed by atoms with Gasteiger partial charge in [0.1, 0.15) is 0 Å². The zero-order valence-corrected chi connectivity index (χ0v) is 14.5. The monoisotopic (exact) mass is 339 g/mol. The van der Waals surface area contributed by atoms with E-state index in [2.05, 4.69) is 10.6 Å². The van der Waals surface area contributed by atoms with Gasteiger partial charge in [-0.3, -0.25) is 4.79 Å². The summed E-state index contributed by atoms with van der Waals surface area (Å²) < 4.78 is 25.2. The average Bonchev–Trinajstić information content (AvgIpc) is 2.54. The molecule has 0 atom stereocenters. The van der Waals surface area contributed by atoms with Crippen molar-refractivity contribution in [3.05, 3.63) is 29.8 Å². The van der Waals surface area contributed by atoms with Crippen LogP contribution in [0.1, 0.15) is 32.3 Å². The maximum absolute atomic E-state index is 11.8. The van der Waals surface area contributed by atoms with E-state index in [1.54, 1.807) is 11.2 Å². The van der Waals surface area contributed by atoms with Crippen LogP contribution in [0.5, 0.6) is 0 Å². The van der Waals surface area contributed by atoms with Gasteiger partial charge in [0.15, 0.2) is 0 Å². The number of carbonyl (C=O) groups excluding carboxylic acids is 1. The molecule has 2 rings (SSSR count). The fourth-order valence-corrected chi connectivity index (χ4v) is 3.82. The highest BCUT2D eigenvalue weighted by molar-refractivity contribution is 7.89. The third-order valence-electron chi connectivity index (χ3n) is 4.08. The molecule has 23 heavy (non-hydrogen) atoms. The Balaban J connectivity index is 1.78. The lowest BCUT2D eigenvalue weighted by atomic mass is 10.1. The number of nitrogens with zero attached hydrogens (tertiary/aromatic N) is 1. The molecule has 0 aromatic heterocycles. The highest BCUT2D eigenvalue weighted by Gasteiger charge is 2.26. The van der Waals surface area contributed by atoms with E-state index in [9.17, 15) is 13.2 Å². The number of sulfonamides is 1. The van der Waals surface area contributed by atoms with Crippen LogP contribution in [0.2, 0.25) is 0 Å². The number of anilines is 1. The molecule has 0 saturated carbocycles. The lowest BCUT2D eigenvalue weighted by Gasteiger charge is -2.31. The van der Waals surface area contributed by atoms with Gasteiger partial charge in [-0.25, -0.2) is 12.7 Å². The number of hydrogen-bond acceptors (Lipinski definition) is 4. The van der Waals surface area contributed by atoms with Crippen LogP contribution in [0.4, 0.5) is 5.69 Å². The topological polar surface area (TPSA) is 78.5 Å². The van der Waals surface area contributed by atoms with Gasteiger partial charge in [0.05, 0.1) is 5.75 Å². The normalized spacial score (nSPS) is 17.1. The van der Waals surface area contributed by atoms with Crippen LogP contribution in [0.25, 0.3) is 0 Å². The second-order valence-electron chi connectivity index (χ2n) is 5.83. The van der Waals surface area contributed by atoms with Gasteiger partial charge in [-0.2, -0.15) is 0 Å². The molecular formula is C16H25N3O3S.